The fraction of sp³-hybridized carbons (Fsp3) is 0.611. The normalized spacial score (nSPS) is 33.5. The molecule has 2 saturated heterocycles. The van der Waals surface area contributed by atoms with Gasteiger partial charge in [0, 0.05) is 29.4 Å². The molecule has 6 heteroatoms. The Labute approximate surface area is 158 Å². The van der Waals surface area contributed by atoms with E-state index in [-0.39, 0.29) is 0 Å². The van der Waals surface area contributed by atoms with Gasteiger partial charge in [-0.1, -0.05) is 18.6 Å². The standard InChI is InChI=1S/C18H24N2OS3/c1-21-12-7-5-11(6-8-12)15-13-3-2-4-14(17-23-9-10-24-17)16(13)20-18(22)19-15/h5-8,13-17H,2-4,9-10H2,1H3,(H2,19,20,22). The van der Waals surface area contributed by atoms with Crippen molar-refractivity contribution in [2.75, 3.05) is 18.6 Å². The first-order valence-electron chi connectivity index (χ1n) is 8.70. The second-order valence-electron chi connectivity index (χ2n) is 6.76. The molecule has 3 nitrogen and oxygen atoms in total. The summed E-state index contributed by atoms with van der Waals surface area (Å²) in [4.78, 5) is 0. The second-order valence-corrected chi connectivity index (χ2v) is 9.97. The molecule has 24 heavy (non-hydrogen) atoms. The predicted molar refractivity (Wildman–Crippen MR) is 108 cm³/mol. The van der Waals surface area contributed by atoms with E-state index in [0.29, 0.717) is 18.0 Å². The fourth-order valence-corrected chi connectivity index (χ4v) is 7.93. The minimum atomic E-state index is 0.314. The van der Waals surface area contributed by atoms with Crippen LogP contribution in [0.1, 0.15) is 30.9 Å². The van der Waals surface area contributed by atoms with Crippen LogP contribution in [0.2, 0.25) is 0 Å². The minimum Gasteiger partial charge on any atom is -0.497 e. The molecule has 0 bridgehead atoms. The highest BCUT2D eigenvalue weighted by molar-refractivity contribution is 8.20. The number of hydrogen-bond acceptors (Lipinski definition) is 4. The van der Waals surface area contributed by atoms with Gasteiger partial charge in [-0.15, -0.1) is 23.5 Å². The molecule has 1 aromatic carbocycles. The van der Waals surface area contributed by atoms with E-state index in [9.17, 15) is 0 Å². The van der Waals surface area contributed by atoms with Crippen LogP contribution in [0.3, 0.4) is 0 Å². The first-order chi connectivity index (χ1) is 11.8. The van der Waals surface area contributed by atoms with Gasteiger partial charge in [-0.05, 0) is 42.8 Å². The lowest BCUT2D eigenvalue weighted by atomic mass is 9.71. The van der Waals surface area contributed by atoms with Gasteiger partial charge in [-0.3, -0.25) is 0 Å². The van der Waals surface area contributed by atoms with Crippen LogP contribution in [0.5, 0.6) is 5.75 Å². The number of nitrogens with one attached hydrogen (secondary N) is 2. The first kappa shape index (κ1) is 16.9. The smallest absolute Gasteiger partial charge is 0.167 e. The lowest BCUT2D eigenvalue weighted by molar-refractivity contribution is 0.161. The molecule has 1 saturated carbocycles. The lowest BCUT2D eigenvalue weighted by Crippen LogP contribution is -2.61. The average Bonchev–Trinajstić information content (AvgIpc) is 3.15. The number of hydrogen-bond donors (Lipinski definition) is 2. The van der Waals surface area contributed by atoms with Crippen LogP contribution in [-0.4, -0.2) is 34.4 Å². The molecule has 2 N–H and O–H groups in total. The molecule has 1 aromatic rings. The van der Waals surface area contributed by atoms with E-state index in [1.54, 1.807) is 7.11 Å². The SMILES string of the molecule is COc1ccc(C2NC(=S)NC3C(C4SCCS4)CCCC23)cc1. The number of thiocarbonyl (C=S) groups is 1. The van der Waals surface area contributed by atoms with E-state index in [2.05, 4.69) is 58.4 Å². The fourth-order valence-electron chi connectivity index (χ4n) is 4.37. The highest BCUT2D eigenvalue weighted by Crippen LogP contribution is 2.48. The van der Waals surface area contributed by atoms with E-state index in [1.165, 1.54) is 36.3 Å². The molecule has 0 amide bonds. The molecule has 2 aliphatic heterocycles. The summed E-state index contributed by atoms with van der Waals surface area (Å²) in [6.07, 6.45) is 3.92. The number of ether oxygens (including phenoxy) is 1. The summed E-state index contributed by atoms with van der Waals surface area (Å²) in [5.74, 6) is 4.83. The molecule has 0 radical (unpaired) electrons. The first-order valence-corrected chi connectivity index (χ1v) is 11.2. The summed E-state index contributed by atoms with van der Waals surface area (Å²) in [6, 6.07) is 9.30. The van der Waals surface area contributed by atoms with E-state index in [4.69, 9.17) is 17.0 Å². The molecule has 2 heterocycles. The number of rotatable bonds is 3. The van der Waals surface area contributed by atoms with E-state index >= 15 is 0 Å². The van der Waals surface area contributed by atoms with Crippen molar-refractivity contribution in [3.8, 4) is 5.75 Å². The van der Waals surface area contributed by atoms with Crippen LogP contribution < -0.4 is 15.4 Å². The van der Waals surface area contributed by atoms with Crippen molar-refractivity contribution in [3.05, 3.63) is 29.8 Å². The van der Waals surface area contributed by atoms with Gasteiger partial charge in [-0.2, -0.15) is 0 Å². The summed E-state index contributed by atoms with van der Waals surface area (Å²) in [5.41, 5.74) is 1.32. The van der Waals surface area contributed by atoms with Gasteiger partial charge in [0.2, 0.25) is 0 Å². The molecule has 3 fully saturated rings. The van der Waals surface area contributed by atoms with Gasteiger partial charge >= 0.3 is 0 Å². The summed E-state index contributed by atoms with van der Waals surface area (Å²) < 4.78 is 6.04. The number of benzene rings is 1. The van der Waals surface area contributed by atoms with Gasteiger partial charge in [0.15, 0.2) is 5.11 Å². The molecular weight excluding hydrogens is 356 g/mol. The predicted octanol–water partition coefficient (Wildman–Crippen LogP) is 3.81. The summed E-state index contributed by atoms with van der Waals surface area (Å²) in [7, 11) is 1.71. The van der Waals surface area contributed by atoms with E-state index in [1.807, 2.05) is 0 Å². The van der Waals surface area contributed by atoms with Crippen LogP contribution in [0.15, 0.2) is 24.3 Å². The third-order valence-corrected chi connectivity index (χ3v) is 9.03. The van der Waals surface area contributed by atoms with Crippen LogP contribution in [0.4, 0.5) is 0 Å². The Kier molecular flexibility index (Phi) is 5.16. The number of methoxy groups -OCH3 is 1. The summed E-state index contributed by atoms with van der Waals surface area (Å²) >= 11 is 9.87. The second kappa shape index (κ2) is 7.34. The number of thioether (sulfide) groups is 2. The molecule has 3 aliphatic rings. The van der Waals surface area contributed by atoms with Crippen molar-refractivity contribution < 1.29 is 4.74 Å². The van der Waals surface area contributed by atoms with Crippen LogP contribution in [-0.2, 0) is 0 Å². The Balaban J connectivity index is 1.59. The van der Waals surface area contributed by atoms with Crippen LogP contribution in [0, 0.1) is 11.8 Å². The Bertz CT molecular complexity index is 588. The Morgan fingerprint density at radius 3 is 2.46 bits per heavy atom. The van der Waals surface area contributed by atoms with Crippen molar-refractivity contribution in [2.45, 2.75) is 35.9 Å². The maximum absolute atomic E-state index is 5.57. The van der Waals surface area contributed by atoms with Gasteiger partial charge in [0.05, 0.1) is 17.7 Å². The largest absolute Gasteiger partial charge is 0.497 e. The molecule has 0 aromatic heterocycles. The van der Waals surface area contributed by atoms with E-state index < -0.39 is 0 Å². The quantitative estimate of drug-likeness (QED) is 0.776. The average molecular weight is 381 g/mol. The Morgan fingerprint density at radius 2 is 1.75 bits per heavy atom. The molecule has 4 rings (SSSR count). The lowest BCUT2D eigenvalue weighted by Gasteiger charge is -2.48. The summed E-state index contributed by atoms with van der Waals surface area (Å²) in [5, 5.41) is 8.00. The van der Waals surface area contributed by atoms with Gasteiger partial charge < -0.3 is 15.4 Å². The molecule has 130 valence electrons. The molecule has 0 spiro atoms. The van der Waals surface area contributed by atoms with Gasteiger partial charge in [-0.25, -0.2) is 0 Å². The van der Waals surface area contributed by atoms with Crippen LogP contribution >= 0.6 is 35.7 Å². The Hall–Kier alpha value is -0.590. The van der Waals surface area contributed by atoms with E-state index in [0.717, 1.165) is 21.4 Å². The Morgan fingerprint density at radius 1 is 1.04 bits per heavy atom. The van der Waals surface area contributed by atoms with Crippen LogP contribution in [0.25, 0.3) is 0 Å². The zero-order valence-corrected chi connectivity index (χ0v) is 16.3. The molecular formula is C18H24N2OS3. The topological polar surface area (TPSA) is 33.3 Å². The zero-order chi connectivity index (χ0) is 16.5. The van der Waals surface area contributed by atoms with Crippen molar-refractivity contribution in [1.82, 2.24) is 10.6 Å². The van der Waals surface area contributed by atoms with Gasteiger partial charge in [0.1, 0.15) is 5.75 Å². The third-order valence-electron chi connectivity index (χ3n) is 5.48. The number of fused-ring (bicyclic) bond motifs is 1. The molecule has 1 aliphatic carbocycles. The maximum Gasteiger partial charge on any atom is 0.167 e. The third kappa shape index (κ3) is 3.25. The highest BCUT2D eigenvalue weighted by Gasteiger charge is 2.45. The maximum atomic E-state index is 5.57. The monoisotopic (exact) mass is 380 g/mol. The van der Waals surface area contributed by atoms with Crippen molar-refractivity contribution >= 4 is 40.9 Å². The minimum absolute atomic E-state index is 0.314. The molecule has 4 unspecified atom stereocenters. The van der Waals surface area contributed by atoms with Gasteiger partial charge in [0.25, 0.3) is 0 Å². The zero-order valence-electron chi connectivity index (χ0n) is 13.9. The van der Waals surface area contributed by atoms with Crippen molar-refractivity contribution in [3.63, 3.8) is 0 Å². The highest BCUT2D eigenvalue weighted by atomic mass is 32.2. The van der Waals surface area contributed by atoms with Crippen molar-refractivity contribution in [1.29, 1.82) is 0 Å². The summed E-state index contributed by atoms with van der Waals surface area (Å²) in [6.45, 7) is 0. The molecule has 4 atom stereocenters. The van der Waals surface area contributed by atoms with Crippen molar-refractivity contribution in [2.24, 2.45) is 11.8 Å².